The van der Waals surface area contributed by atoms with Gasteiger partial charge in [0.2, 0.25) is 11.8 Å². The van der Waals surface area contributed by atoms with Gasteiger partial charge in [-0.2, -0.15) is 0 Å². The maximum atomic E-state index is 12.3. The van der Waals surface area contributed by atoms with Crippen LogP contribution >= 0.6 is 0 Å². The molecule has 2 heterocycles. The van der Waals surface area contributed by atoms with Gasteiger partial charge in [-0.25, -0.2) is 0 Å². The smallest absolute Gasteiger partial charge is 0.303 e. The third-order valence-electron chi connectivity index (χ3n) is 5.70. The van der Waals surface area contributed by atoms with Gasteiger partial charge in [-0.15, -0.1) is 0 Å². The minimum Gasteiger partial charge on any atom is -0.481 e. The fraction of sp³-hybridized carbons (Fsp3) is 0.850. The van der Waals surface area contributed by atoms with Crippen LogP contribution in [0.15, 0.2) is 0 Å². The standard InChI is InChI=1S/C20H37N5O4/c1-23-11-13-24(14-12-23)15-17-5-4-10-25(17)16-19(27)22-8-2-6-18(26)21-9-3-7-20(28)29/h17H,2-16H2,1H3,(H,21,26)(H,22,27)(H,28,29)/i4+1,5+1,6+1,10+1,11+1,12+1,13+1,14+1,15+1,17+1,18+1,23+1,24+1,25+1. The average Bonchev–Trinajstić information content (AvgIpc) is 3.10. The molecule has 2 fully saturated rings. The molecule has 0 aromatic carbocycles. The lowest BCUT2D eigenvalue weighted by Crippen LogP contribution is -2.50. The predicted molar refractivity (Wildman–Crippen MR) is 111 cm³/mol. The van der Waals surface area contributed by atoms with E-state index < -0.39 is 5.97 Å². The number of aliphatic carboxylic acids is 1. The molecule has 0 aromatic rings. The number of likely N-dealkylation sites (tertiary alicyclic amines) is 1. The van der Waals surface area contributed by atoms with Crippen LogP contribution in [-0.4, -0.2) is 110 Å². The highest BCUT2D eigenvalue weighted by atomic mass is 16.4. The van der Waals surface area contributed by atoms with E-state index in [9.17, 15) is 14.4 Å². The minimum atomic E-state index is -0.856. The first kappa shape index (κ1) is 23.6. The molecule has 9 heteroatoms. The SMILES string of the molecule is C[15N]1[13CH2][13CH2][15N]([13CH2][13CH]2[13CH2][13CH2][13CH2][15N]2CC(=O)NCC[13CH2][13C](=O)NCCCC(=O)O)[13CH2][13CH2]1. The molecule has 3 N–H and O–H groups in total. The number of likely N-dealkylation sites (N-methyl/N-ethyl adjacent to an activating group) is 1. The van der Waals surface area contributed by atoms with Crippen molar-refractivity contribution in [2.24, 2.45) is 0 Å². The number of rotatable bonds is 12. The van der Waals surface area contributed by atoms with Gasteiger partial charge >= 0.3 is 5.97 Å². The van der Waals surface area contributed by atoms with Crippen LogP contribution in [0.25, 0.3) is 0 Å². The van der Waals surface area contributed by atoms with Gasteiger partial charge in [-0.05, 0) is 39.3 Å². The van der Waals surface area contributed by atoms with Crippen molar-refractivity contribution in [1.82, 2.24) is 25.3 Å². The Morgan fingerprint density at radius 1 is 0.931 bits per heavy atom. The van der Waals surface area contributed by atoms with E-state index in [-0.39, 0.29) is 18.2 Å². The summed E-state index contributed by atoms with van der Waals surface area (Å²) in [5.74, 6) is -0.931. The summed E-state index contributed by atoms with van der Waals surface area (Å²) in [7, 11) is 2.16. The van der Waals surface area contributed by atoms with Crippen molar-refractivity contribution in [3.8, 4) is 0 Å². The number of carbonyl (C=O) groups excluding carboxylic acids is 2. The van der Waals surface area contributed by atoms with Gasteiger partial charge in [0.25, 0.3) is 0 Å². The van der Waals surface area contributed by atoms with Crippen molar-refractivity contribution >= 4 is 17.8 Å². The molecule has 0 saturated carbocycles. The summed E-state index contributed by atoms with van der Waals surface area (Å²) in [6.07, 6.45) is 3.71. The van der Waals surface area contributed by atoms with E-state index in [2.05, 4.69) is 32.4 Å². The van der Waals surface area contributed by atoms with Crippen LogP contribution in [0.3, 0.4) is 0 Å². The quantitative estimate of drug-likeness (QED) is 0.222. The molecule has 2 aliphatic rings. The Morgan fingerprint density at radius 3 is 2.28 bits per heavy atom. The van der Waals surface area contributed by atoms with Crippen molar-refractivity contribution in [2.75, 3.05) is 66.0 Å². The molecule has 0 aliphatic carbocycles. The largest absolute Gasteiger partial charge is 0.481 e. The Balaban J connectivity index is 1.55. The van der Waals surface area contributed by atoms with Gasteiger partial charge in [0.15, 0.2) is 0 Å². The van der Waals surface area contributed by atoms with Crippen LogP contribution < -0.4 is 10.6 Å². The average molecular weight is 425 g/mol. The zero-order valence-electron chi connectivity index (χ0n) is 17.7. The van der Waals surface area contributed by atoms with E-state index in [4.69, 9.17) is 5.11 Å². The topological polar surface area (TPSA) is 105 Å². The lowest BCUT2D eigenvalue weighted by atomic mass is 10.3. The molecule has 0 aromatic heterocycles. The highest BCUT2D eigenvalue weighted by molar-refractivity contribution is 5.78. The number of hydrogen-bond donors (Lipinski definition) is 3. The van der Waals surface area contributed by atoms with E-state index in [0.717, 1.165) is 52.1 Å². The molecular weight excluding hydrogens is 388 g/mol. The number of carbonyl (C=O) groups is 3. The van der Waals surface area contributed by atoms with Crippen molar-refractivity contribution in [3.63, 3.8) is 0 Å². The first-order chi connectivity index (χ1) is 13.9. The molecule has 29 heavy (non-hydrogen) atoms. The molecule has 2 amide bonds. The Kier molecular flexibility index (Phi) is 10.4. The number of nitrogens with one attached hydrogen (secondary N) is 2. The molecule has 1 atom stereocenters. The van der Waals surface area contributed by atoms with E-state index in [1.807, 2.05) is 0 Å². The first-order valence-corrected chi connectivity index (χ1v) is 10.8. The van der Waals surface area contributed by atoms with Gasteiger partial charge in [0.1, 0.15) is 0 Å². The Hall–Kier alpha value is -1.71. The lowest BCUT2D eigenvalue weighted by Gasteiger charge is -2.36. The fourth-order valence-corrected chi connectivity index (χ4v) is 3.91. The van der Waals surface area contributed by atoms with E-state index >= 15 is 0 Å². The number of amides is 2. The summed E-state index contributed by atoms with van der Waals surface area (Å²) in [6.45, 7) is 7.74. The second-order valence-corrected chi connectivity index (χ2v) is 8.17. The zero-order valence-corrected chi connectivity index (χ0v) is 17.7. The number of nitrogens with zero attached hydrogens (tertiary/aromatic N) is 3. The van der Waals surface area contributed by atoms with Crippen LogP contribution in [0.5, 0.6) is 0 Å². The normalized spacial score (nSPS) is 21.2. The molecule has 2 saturated heterocycles. The van der Waals surface area contributed by atoms with Crippen LogP contribution in [0.4, 0.5) is 0 Å². The molecule has 0 radical (unpaired) electrons. The first-order valence-electron chi connectivity index (χ1n) is 10.8. The Labute approximate surface area is 173 Å². The zero-order chi connectivity index (χ0) is 21.1. The third-order valence-corrected chi connectivity index (χ3v) is 5.70. The summed E-state index contributed by atoms with van der Waals surface area (Å²) < 4.78 is 0. The Morgan fingerprint density at radius 2 is 1.59 bits per heavy atom. The van der Waals surface area contributed by atoms with Gasteiger partial charge in [-0.3, -0.25) is 24.2 Å². The maximum Gasteiger partial charge on any atom is 0.303 e. The van der Waals surface area contributed by atoms with Crippen LogP contribution in [0.2, 0.25) is 0 Å². The minimum absolute atomic E-state index is 0.0251. The lowest BCUT2D eigenvalue weighted by molar-refractivity contribution is -0.137. The predicted octanol–water partition coefficient (Wildman–Crippen LogP) is -0.424. The second-order valence-electron chi connectivity index (χ2n) is 8.17. The number of piperazine rings is 1. The monoisotopic (exact) mass is 425 g/mol. The highest BCUT2D eigenvalue weighted by Gasteiger charge is 2.28. The molecular formula is C20H37N5O4. The van der Waals surface area contributed by atoms with E-state index in [1.54, 1.807) is 0 Å². The molecule has 0 spiro atoms. The Bertz CT molecular complexity index is 537. The molecule has 1 unspecified atom stereocenters. The summed E-state index contributed by atoms with van der Waals surface area (Å²) in [5.41, 5.74) is 0. The van der Waals surface area contributed by atoms with Crippen LogP contribution in [0, 0.1) is 0 Å². The third kappa shape index (κ3) is 9.56. The van der Waals surface area contributed by atoms with Crippen molar-refractivity contribution in [2.45, 2.75) is 44.6 Å². The summed E-state index contributed by atoms with van der Waals surface area (Å²) >= 11 is 0. The van der Waals surface area contributed by atoms with Crippen LogP contribution in [0.1, 0.15) is 38.5 Å². The summed E-state index contributed by atoms with van der Waals surface area (Å²) in [5, 5.41) is 14.2. The van der Waals surface area contributed by atoms with Crippen molar-refractivity contribution in [1.29, 1.82) is 0 Å². The van der Waals surface area contributed by atoms with E-state index in [0.29, 0.717) is 44.9 Å². The van der Waals surface area contributed by atoms with Gasteiger partial charge in [0, 0.05) is 64.7 Å². The van der Waals surface area contributed by atoms with Gasteiger partial charge < -0.3 is 20.6 Å². The van der Waals surface area contributed by atoms with Crippen molar-refractivity contribution in [3.05, 3.63) is 0 Å². The molecule has 0 bridgehead atoms. The van der Waals surface area contributed by atoms with Gasteiger partial charge in [-0.1, -0.05) is 0 Å². The number of carboxylic acid groups (broad SMARTS) is 1. The summed E-state index contributed by atoms with van der Waals surface area (Å²) in [6, 6.07) is 0.459. The van der Waals surface area contributed by atoms with E-state index in [1.165, 1.54) is 0 Å². The molecule has 2 aliphatic heterocycles. The van der Waals surface area contributed by atoms with Gasteiger partial charge in [0.05, 0.1) is 6.54 Å². The highest BCUT2D eigenvalue weighted by Crippen LogP contribution is 2.18. The van der Waals surface area contributed by atoms with Crippen molar-refractivity contribution < 1.29 is 19.5 Å². The number of hydrogen-bond acceptors (Lipinski definition) is 6. The molecule has 166 valence electrons. The molecule has 2 rings (SSSR count). The fourth-order valence-electron chi connectivity index (χ4n) is 3.91. The summed E-state index contributed by atoms with van der Waals surface area (Å²) in [4.78, 5) is 41.5. The maximum absolute atomic E-state index is 12.3. The second kappa shape index (κ2) is 12.8. The van der Waals surface area contributed by atoms with Crippen LogP contribution in [-0.2, 0) is 14.4 Å². The molecule has 9 nitrogen and oxygen atoms in total. The number of carboxylic acids is 1.